The van der Waals surface area contributed by atoms with Crippen LogP contribution in [-0.4, -0.2) is 40.0 Å². The van der Waals surface area contributed by atoms with Crippen molar-refractivity contribution in [3.8, 4) is 0 Å². The van der Waals surface area contributed by atoms with Crippen LogP contribution in [0.3, 0.4) is 0 Å². The summed E-state index contributed by atoms with van der Waals surface area (Å²) in [5.74, 6) is 0.699. The van der Waals surface area contributed by atoms with Crippen molar-refractivity contribution in [1.82, 2.24) is 10.6 Å². The summed E-state index contributed by atoms with van der Waals surface area (Å²) in [6.45, 7) is 3.06. The van der Waals surface area contributed by atoms with E-state index in [-0.39, 0.29) is 5.75 Å². The minimum absolute atomic E-state index is 0.0953. The van der Waals surface area contributed by atoms with Crippen LogP contribution in [0.5, 0.6) is 0 Å². The van der Waals surface area contributed by atoms with E-state index in [2.05, 4.69) is 28.6 Å². The van der Waals surface area contributed by atoms with Gasteiger partial charge in [0.25, 0.3) is 0 Å². The molecule has 0 amide bonds. The average Bonchev–Trinajstić information content (AvgIpc) is 2.34. The van der Waals surface area contributed by atoms with E-state index >= 15 is 0 Å². The van der Waals surface area contributed by atoms with Gasteiger partial charge < -0.3 is 10.6 Å². The van der Waals surface area contributed by atoms with Crippen LogP contribution < -0.4 is 10.6 Å². The molecule has 0 unspecified atom stereocenters. The highest BCUT2D eigenvalue weighted by Crippen LogP contribution is 2.05. The molecule has 6 heteroatoms. The van der Waals surface area contributed by atoms with Gasteiger partial charge in [0.05, 0.1) is 5.75 Å². The zero-order chi connectivity index (χ0) is 14.3. The van der Waals surface area contributed by atoms with Crippen LogP contribution in [0.1, 0.15) is 11.1 Å². The third kappa shape index (κ3) is 6.24. The number of hydrogen-bond acceptors (Lipinski definition) is 3. The van der Waals surface area contributed by atoms with E-state index in [1.54, 1.807) is 7.05 Å². The minimum atomic E-state index is -2.95. The van der Waals surface area contributed by atoms with Crippen LogP contribution in [0, 0.1) is 6.92 Å². The SMILES string of the molecule is CN=C(NCCS(C)(=O)=O)NCc1ccccc1C. The fourth-order valence-electron chi connectivity index (χ4n) is 1.56. The highest BCUT2D eigenvalue weighted by atomic mass is 32.2. The van der Waals surface area contributed by atoms with E-state index in [1.165, 1.54) is 17.4 Å². The van der Waals surface area contributed by atoms with E-state index in [1.807, 2.05) is 18.2 Å². The zero-order valence-electron chi connectivity index (χ0n) is 11.6. The molecule has 1 rings (SSSR count). The number of guanidine groups is 1. The van der Waals surface area contributed by atoms with Gasteiger partial charge in [-0.1, -0.05) is 24.3 Å². The molecule has 0 spiro atoms. The molecule has 106 valence electrons. The monoisotopic (exact) mass is 283 g/mol. The van der Waals surface area contributed by atoms with Crippen molar-refractivity contribution >= 4 is 15.8 Å². The van der Waals surface area contributed by atoms with Crippen molar-refractivity contribution in [2.45, 2.75) is 13.5 Å². The predicted molar refractivity (Wildman–Crippen MR) is 79.1 cm³/mol. The summed E-state index contributed by atoms with van der Waals surface area (Å²) in [5, 5.41) is 6.13. The van der Waals surface area contributed by atoms with Gasteiger partial charge in [-0.25, -0.2) is 8.42 Å². The van der Waals surface area contributed by atoms with Gasteiger partial charge in [-0.3, -0.25) is 4.99 Å². The van der Waals surface area contributed by atoms with Gasteiger partial charge in [0.2, 0.25) is 0 Å². The molecule has 0 aliphatic carbocycles. The highest BCUT2D eigenvalue weighted by Gasteiger charge is 2.03. The first kappa shape index (κ1) is 15.5. The Morgan fingerprint density at radius 1 is 1.26 bits per heavy atom. The lowest BCUT2D eigenvalue weighted by Gasteiger charge is -2.12. The summed E-state index contributed by atoms with van der Waals surface area (Å²) in [6.07, 6.45) is 1.22. The molecule has 0 aromatic heterocycles. The molecular formula is C13H21N3O2S. The summed E-state index contributed by atoms with van der Waals surface area (Å²) in [7, 11) is -1.29. The van der Waals surface area contributed by atoms with E-state index in [0.29, 0.717) is 19.0 Å². The highest BCUT2D eigenvalue weighted by molar-refractivity contribution is 7.90. The first-order valence-corrected chi connectivity index (χ1v) is 8.15. The number of nitrogens with one attached hydrogen (secondary N) is 2. The molecule has 0 atom stereocenters. The first-order chi connectivity index (χ1) is 8.92. The summed E-state index contributed by atoms with van der Waals surface area (Å²) in [4.78, 5) is 4.05. The van der Waals surface area contributed by atoms with Crippen molar-refractivity contribution in [2.75, 3.05) is 25.6 Å². The Bertz CT molecular complexity index is 539. The molecule has 0 fully saturated rings. The summed E-state index contributed by atoms with van der Waals surface area (Å²) in [6, 6.07) is 8.09. The maximum absolute atomic E-state index is 11.0. The van der Waals surface area contributed by atoms with Crippen LogP contribution in [0.15, 0.2) is 29.3 Å². The number of hydrogen-bond donors (Lipinski definition) is 2. The van der Waals surface area contributed by atoms with Gasteiger partial charge in [0.15, 0.2) is 5.96 Å². The molecular weight excluding hydrogens is 262 g/mol. The van der Waals surface area contributed by atoms with Gasteiger partial charge in [0.1, 0.15) is 9.84 Å². The quantitative estimate of drug-likeness (QED) is 0.616. The smallest absolute Gasteiger partial charge is 0.191 e. The molecule has 0 aliphatic rings. The second kappa shape index (κ2) is 7.13. The van der Waals surface area contributed by atoms with Crippen molar-refractivity contribution in [3.05, 3.63) is 35.4 Å². The molecule has 0 saturated carbocycles. The lowest BCUT2D eigenvalue weighted by atomic mass is 10.1. The summed E-state index contributed by atoms with van der Waals surface area (Å²) >= 11 is 0. The van der Waals surface area contributed by atoms with Crippen LogP contribution >= 0.6 is 0 Å². The third-order valence-corrected chi connectivity index (χ3v) is 3.64. The fourth-order valence-corrected chi connectivity index (χ4v) is 2.04. The van der Waals surface area contributed by atoms with Crippen LogP contribution in [0.2, 0.25) is 0 Å². The molecule has 0 radical (unpaired) electrons. The Kier molecular flexibility index (Phi) is 5.82. The minimum Gasteiger partial charge on any atom is -0.355 e. The van der Waals surface area contributed by atoms with Crippen LogP contribution in [0.25, 0.3) is 0 Å². The number of sulfone groups is 1. The van der Waals surface area contributed by atoms with Gasteiger partial charge in [-0.2, -0.15) is 0 Å². The Balaban J connectivity index is 2.44. The number of aryl methyl sites for hydroxylation is 1. The van der Waals surface area contributed by atoms with E-state index < -0.39 is 9.84 Å². The van der Waals surface area contributed by atoms with Crippen molar-refractivity contribution in [3.63, 3.8) is 0 Å². The average molecular weight is 283 g/mol. The number of rotatable bonds is 5. The number of aliphatic imine (C=N–C) groups is 1. The molecule has 19 heavy (non-hydrogen) atoms. The third-order valence-electron chi connectivity index (χ3n) is 2.70. The molecule has 0 saturated heterocycles. The van der Waals surface area contributed by atoms with E-state index in [4.69, 9.17) is 0 Å². The fraction of sp³-hybridized carbons (Fsp3) is 0.462. The lowest BCUT2D eigenvalue weighted by molar-refractivity contribution is 0.600. The number of nitrogens with zero attached hydrogens (tertiary/aromatic N) is 1. The maximum atomic E-state index is 11.0. The Hall–Kier alpha value is -1.56. The topological polar surface area (TPSA) is 70.6 Å². The van der Waals surface area contributed by atoms with Crippen LogP contribution in [0.4, 0.5) is 0 Å². The second-order valence-electron chi connectivity index (χ2n) is 4.41. The zero-order valence-corrected chi connectivity index (χ0v) is 12.4. The molecule has 2 N–H and O–H groups in total. The Labute approximate surface area is 115 Å². The molecule has 0 aliphatic heterocycles. The molecule has 0 heterocycles. The molecule has 1 aromatic carbocycles. The first-order valence-electron chi connectivity index (χ1n) is 6.09. The van der Waals surface area contributed by atoms with Crippen molar-refractivity contribution in [2.24, 2.45) is 4.99 Å². The lowest BCUT2D eigenvalue weighted by Crippen LogP contribution is -2.39. The predicted octanol–water partition coefficient (Wildman–Crippen LogP) is 0.705. The summed E-state index contributed by atoms with van der Waals surface area (Å²) in [5.41, 5.74) is 2.40. The Morgan fingerprint density at radius 3 is 2.53 bits per heavy atom. The molecule has 0 bridgehead atoms. The van der Waals surface area contributed by atoms with E-state index in [9.17, 15) is 8.42 Å². The molecule has 5 nitrogen and oxygen atoms in total. The standard InChI is InChI=1S/C13H21N3O2S/c1-11-6-4-5-7-12(11)10-16-13(14-2)15-8-9-19(3,17)18/h4-7H,8-10H2,1-3H3,(H2,14,15,16). The van der Waals surface area contributed by atoms with Gasteiger partial charge in [0, 0.05) is 26.4 Å². The normalized spacial score (nSPS) is 12.3. The summed E-state index contributed by atoms with van der Waals surface area (Å²) < 4.78 is 22.0. The van der Waals surface area contributed by atoms with E-state index in [0.717, 1.165) is 0 Å². The largest absolute Gasteiger partial charge is 0.355 e. The second-order valence-corrected chi connectivity index (χ2v) is 6.67. The van der Waals surface area contributed by atoms with Crippen LogP contribution in [-0.2, 0) is 16.4 Å². The van der Waals surface area contributed by atoms with Gasteiger partial charge >= 0.3 is 0 Å². The van der Waals surface area contributed by atoms with Gasteiger partial charge in [-0.15, -0.1) is 0 Å². The van der Waals surface area contributed by atoms with Gasteiger partial charge in [-0.05, 0) is 18.1 Å². The molecule has 1 aromatic rings. The van der Waals surface area contributed by atoms with Crippen molar-refractivity contribution in [1.29, 1.82) is 0 Å². The number of benzene rings is 1. The maximum Gasteiger partial charge on any atom is 0.191 e. The Morgan fingerprint density at radius 2 is 1.95 bits per heavy atom. The van der Waals surface area contributed by atoms with Crippen molar-refractivity contribution < 1.29 is 8.42 Å².